The third-order valence-electron chi connectivity index (χ3n) is 3.26. The topological polar surface area (TPSA) is 70.7 Å². The van der Waals surface area contributed by atoms with Crippen LogP contribution < -0.4 is 5.32 Å². The van der Waals surface area contributed by atoms with Crippen LogP contribution in [-0.4, -0.2) is 27.6 Å². The fourth-order valence-corrected chi connectivity index (χ4v) is 2.22. The second kappa shape index (κ2) is 5.63. The van der Waals surface area contributed by atoms with Crippen LogP contribution in [0.15, 0.2) is 24.3 Å². The van der Waals surface area contributed by atoms with Gasteiger partial charge in [-0.05, 0) is 37.0 Å². The maximum atomic E-state index is 11.9. The molecule has 2 N–H and O–H groups in total. The van der Waals surface area contributed by atoms with Gasteiger partial charge >= 0.3 is 0 Å². The van der Waals surface area contributed by atoms with Gasteiger partial charge in [-0.1, -0.05) is 23.7 Å². The monoisotopic (exact) mass is 290 g/mol. The van der Waals surface area contributed by atoms with E-state index in [2.05, 4.69) is 20.5 Å². The van der Waals surface area contributed by atoms with Crippen LogP contribution in [0.4, 0.5) is 0 Å². The zero-order chi connectivity index (χ0) is 13.9. The summed E-state index contributed by atoms with van der Waals surface area (Å²) < 4.78 is 0. The van der Waals surface area contributed by atoms with Gasteiger partial charge in [0, 0.05) is 17.5 Å². The third kappa shape index (κ3) is 3.17. The average Bonchev–Trinajstić information content (AvgIpc) is 3.16. The number of H-pyrrole nitrogens is 1. The van der Waals surface area contributed by atoms with E-state index in [9.17, 15) is 4.79 Å². The predicted molar refractivity (Wildman–Crippen MR) is 75.8 cm³/mol. The van der Waals surface area contributed by atoms with Gasteiger partial charge in [0.15, 0.2) is 0 Å². The Bertz CT molecular complexity index is 621. The van der Waals surface area contributed by atoms with Gasteiger partial charge in [0.05, 0.1) is 0 Å². The molecule has 20 heavy (non-hydrogen) atoms. The molecule has 0 aliphatic heterocycles. The molecule has 1 aliphatic rings. The lowest BCUT2D eigenvalue weighted by atomic mass is 10.1. The Morgan fingerprint density at radius 3 is 3.05 bits per heavy atom. The molecule has 0 radical (unpaired) electrons. The van der Waals surface area contributed by atoms with Crippen molar-refractivity contribution >= 4 is 17.5 Å². The molecule has 3 rings (SSSR count). The molecule has 1 aliphatic carbocycles. The molecule has 1 saturated carbocycles. The van der Waals surface area contributed by atoms with Crippen molar-refractivity contribution in [2.45, 2.75) is 25.2 Å². The standard InChI is InChI=1S/C14H15ClN4O/c15-11-3-1-2-9(8-11)6-7-16-14(20)13-17-12(18-19-13)10-4-5-10/h1-3,8,10H,4-7H2,(H,16,20)(H,17,18,19). The van der Waals surface area contributed by atoms with E-state index in [-0.39, 0.29) is 11.7 Å². The van der Waals surface area contributed by atoms with E-state index in [0.717, 1.165) is 30.7 Å². The maximum absolute atomic E-state index is 11.9. The van der Waals surface area contributed by atoms with Crippen molar-refractivity contribution in [3.8, 4) is 0 Å². The zero-order valence-corrected chi connectivity index (χ0v) is 11.7. The largest absolute Gasteiger partial charge is 0.349 e. The Morgan fingerprint density at radius 1 is 1.45 bits per heavy atom. The van der Waals surface area contributed by atoms with Gasteiger partial charge in [0.2, 0.25) is 5.82 Å². The van der Waals surface area contributed by atoms with Crippen molar-refractivity contribution in [1.29, 1.82) is 0 Å². The molecule has 5 nitrogen and oxygen atoms in total. The van der Waals surface area contributed by atoms with Gasteiger partial charge in [-0.25, -0.2) is 4.98 Å². The minimum atomic E-state index is -0.241. The number of carbonyl (C=O) groups excluding carboxylic acids is 1. The molecule has 104 valence electrons. The summed E-state index contributed by atoms with van der Waals surface area (Å²) in [6, 6.07) is 7.61. The number of hydrogen-bond acceptors (Lipinski definition) is 3. The molecular formula is C14H15ClN4O. The molecule has 0 saturated heterocycles. The van der Waals surface area contributed by atoms with E-state index in [4.69, 9.17) is 11.6 Å². The quantitative estimate of drug-likeness (QED) is 0.888. The molecule has 0 atom stereocenters. The van der Waals surface area contributed by atoms with Gasteiger partial charge in [-0.2, -0.15) is 0 Å². The summed E-state index contributed by atoms with van der Waals surface area (Å²) in [7, 11) is 0. The van der Waals surface area contributed by atoms with E-state index in [1.165, 1.54) is 0 Å². The second-order valence-corrected chi connectivity index (χ2v) is 5.39. The van der Waals surface area contributed by atoms with Crippen LogP contribution in [0.5, 0.6) is 0 Å². The first-order valence-electron chi connectivity index (χ1n) is 6.67. The number of benzene rings is 1. The first kappa shape index (κ1) is 13.1. The predicted octanol–water partition coefficient (Wildman–Crippen LogP) is 2.31. The molecule has 6 heteroatoms. The van der Waals surface area contributed by atoms with Crippen LogP contribution in [0.1, 0.15) is 40.8 Å². The van der Waals surface area contributed by atoms with Crippen molar-refractivity contribution in [3.63, 3.8) is 0 Å². The van der Waals surface area contributed by atoms with E-state index in [1.54, 1.807) is 0 Å². The lowest BCUT2D eigenvalue weighted by molar-refractivity contribution is 0.0944. The minimum absolute atomic E-state index is 0.220. The molecular weight excluding hydrogens is 276 g/mol. The fraction of sp³-hybridized carbons (Fsp3) is 0.357. The number of halogens is 1. The molecule has 1 aromatic carbocycles. The van der Waals surface area contributed by atoms with Gasteiger partial charge in [0.1, 0.15) is 5.82 Å². The van der Waals surface area contributed by atoms with Crippen molar-refractivity contribution in [2.24, 2.45) is 0 Å². The first-order valence-corrected chi connectivity index (χ1v) is 7.05. The summed E-state index contributed by atoms with van der Waals surface area (Å²) in [4.78, 5) is 16.1. The molecule has 1 fully saturated rings. The van der Waals surface area contributed by atoms with Crippen molar-refractivity contribution in [1.82, 2.24) is 20.5 Å². The van der Waals surface area contributed by atoms with Crippen LogP contribution >= 0.6 is 11.6 Å². The summed E-state index contributed by atoms with van der Waals surface area (Å²) in [5, 5.41) is 10.3. The highest BCUT2D eigenvalue weighted by Crippen LogP contribution is 2.37. The first-order chi connectivity index (χ1) is 9.72. The van der Waals surface area contributed by atoms with E-state index in [1.807, 2.05) is 24.3 Å². The normalized spacial score (nSPS) is 14.2. The van der Waals surface area contributed by atoms with Crippen LogP contribution in [-0.2, 0) is 6.42 Å². The number of rotatable bonds is 5. The number of nitrogens with one attached hydrogen (secondary N) is 2. The highest BCUT2D eigenvalue weighted by Gasteiger charge is 2.28. The highest BCUT2D eigenvalue weighted by atomic mass is 35.5. The Kier molecular flexibility index (Phi) is 3.69. The Labute approximate surface area is 121 Å². The third-order valence-corrected chi connectivity index (χ3v) is 3.49. The highest BCUT2D eigenvalue weighted by molar-refractivity contribution is 6.30. The smallest absolute Gasteiger partial charge is 0.290 e. The molecule has 1 aromatic heterocycles. The van der Waals surface area contributed by atoms with Crippen LogP contribution in [0, 0.1) is 0 Å². The summed E-state index contributed by atoms with van der Waals surface area (Å²) in [5.74, 6) is 1.27. The van der Waals surface area contributed by atoms with Gasteiger partial charge < -0.3 is 5.32 Å². The summed E-state index contributed by atoms with van der Waals surface area (Å²) in [5.41, 5.74) is 1.09. The Balaban J connectivity index is 1.51. The number of aromatic nitrogens is 3. The molecule has 2 aromatic rings. The van der Waals surface area contributed by atoms with Gasteiger partial charge in [-0.3, -0.25) is 9.89 Å². The number of carbonyl (C=O) groups is 1. The summed E-state index contributed by atoms with van der Waals surface area (Å²) >= 11 is 5.91. The molecule has 1 amide bonds. The zero-order valence-electron chi connectivity index (χ0n) is 10.9. The lowest BCUT2D eigenvalue weighted by Gasteiger charge is -2.03. The van der Waals surface area contributed by atoms with Crippen LogP contribution in [0.2, 0.25) is 5.02 Å². The van der Waals surface area contributed by atoms with Crippen LogP contribution in [0.3, 0.4) is 0 Å². The molecule has 1 heterocycles. The molecule has 0 unspecified atom stereocenters. The summed E-state index contributed by atoms with van der Waals surface area (Å²) in [6.07, 6.45) is 2.99. The second-order valence-electron chi connectivity index (χ2n) is 4.95. The van der Waals surface area contributed by atoms with E-state index in [0.29, 0.717) is 17.5 Å². The number of aromatic amines is 1. The van der Waals surface area contributed by atoms with Gasteiger partial charge in [0.25, 0.3) is 5.91 Å². The average molecular weight is 291 g/mol. The Morgan fingerprint density at radius 2 is 2.30 bits per heavy atom. The SMILES string of the molecule is O=C(NCCc1cccc(Cl)c1)c1n[nH]c(C2CC2)n1. The van der Waals surface area contributed by atoms with Crippen molar-refractivity contribution < 1.29 is 4.79 Å². The number of amides is 1. The minimum Gasteiger partial charge on any atom is -0.349 e. The lowest BCUT2D eigenvalue weighted by Crippen LogP contribution is -2.26. The fourth-order valence-electron chi connectivity index (χ4n) is 2.01. The van der Waals surface area contributed by atoms with Crippen LogP contribution in [0.25, 0.3) is 0 Å². The molecule has 0 bridgehead atoms. The Hall–Kier alpha value is -1.88. The molecule has 0 spiro atoms. The number of hydrogen-bond donors (Lipinski definition) is 2. The summed E-state index contributed by atoms with van der Waals surface area (Å²) in [6.45, 7) is 0.534. The van der Waals surface area contributed by atoms with E-state index >= 15 is 0 Å². The number of nitrogens with zero attached hydrogens (tertiary/aromatic N) is 2. The van der Waals surface area contributed by atoms with E-state index < -0.39 is 0 Å². The maximum Gasteiger partial charge on any atom is 0.290 e. The van der Waals surface area contributed by atoms with Gasteiger partial charge in [-0.15, -0.1) is 5.10 Å². The van der Waals surface area contributed by atoms with Crippen molar-refractivity contribution in [3.05, 3.63) is 46.5 Å². The van der Waals surface area contributed by atoms with Crippen molar-refractivity contribution in [2.75, 3.05) is 6.54 Å².